The van der Waals surface area contributed by atoms with Crippen molar-refractivity contribution in [3.8, 4) is 0 Å². The summed E-state index contributed by atoms with van der Waals surface area (Å²) in [6, 6.07) is 5.36. The van der Waals surface area contributed by atoms with Crippen molar-refractivity contribution in [3.05, 3.63) is 28.8 Å². The van der Waals surface area contributed by atoms with Crippen LogP contribution in [0.1, 0.15) is 38.1 Å². The predicted molar refractivity (Wildman–Crippen MR) is 78.3 cm³/mol. The van der Waals surface area contributed by atoms with Gasteiger partial charge in [-0.1, -0.05) is 11.6 Å². The molecule has 0 aliphatic carbocycles. The third-order valence-corrected chi connectivity index (χ3v) is 3.39. The van der Waals surface area contributed by atoms with Gasteiger partial charge in [0.25, 0.3) is 0 Å². The van der Waals surface area contributed by atoms with E-state index in [0.717, 1.165) is 25.1 Å². The van der Waals surface area contributed by atoms with Gasteiger partial charge in [0.2, 0.25) is 0 Å². The summed E-state index contributed by atoms with van der Waals surface area (Å²) in [5, 5.41) is 0.641. The molecular formula is C15H20ClNO2. The van der Waals surface area contributed by atoms with E-state index in [-0.39, 0.29) is 11.2 Å². The van der Waals surface area contributed by atoms with Crippen molar-refractivity contribution in [2.45, 2.75) is 38.9 Å². The minimum Gasteiger partial charge on any atom is -0.366 e. The molecule has 19 heavy (non-hydrogen) atoms. The Morgan fingerprint density at radius 3 is 2.32 bits per heavy atom. The maximum absolute atomic E-state index is 11.2. The molecule has 1 aromatic carbocycles. The van der Waals surface area contributed by atoms with Gasteiger partial charge in [0.15, 0.2) is 6.29 Å². The van der Waals surface area contributed by atoms with Crippen molar-refractivity contribution in [3.63, 3.8) is 0 Å². The smallest absolute Gasteiger partial charge is 0.152 e. The van der Waals surface area contributed by atoms with E-state index in [0.29, 0.717) is 10.6 Å². The number of anilines is 1. The molecule has 1 aliphatic heterocycles. The second-order valence-corrected chi connectivity index (χ2v) is 6.73. The summed E-state index contributed by atoms with van der Waals surface area (Å²) in [7, 11) is 0. The van der Waals surface area contributed by atoms with Gasteiger partial charge >= 0.3 is 0 Å². The lowest BCUT2D eigenvalue weighted by molar-refractivity contribution is -0.133. The Morgan fingerprint density at radius 1 is 1.21 bits per heavy atom. The van der Waals surface area contributed by atoms with Crippen LogP contribution < -0.4 is 4.90 Å². The first kappa shape index (κ1) is 14.4. The molecule has 1 aromatic rings. The number of ether oxygens (including phenoxy) is 1. The zero-order chi connectivity index (χ0) is 14.3. The molecule has 1 heterocycles. The number of rotatable bonds is 2. The number of carbonyl (C=O) groups excluding carboxylic acids is 1. The molecule has 3 nitrogen and oxygen atoms in total. The van der Waals surface area contributed by atoms with Gasteiger partial charge in [0, 0.05) is 29.4 Å². The Hall–Kier alpha value is -1.06. The number of aldehydes is 1. The number of hydrogen-bond donors (Lipinski definition) is 0. The van der Waals surface area contributed by atoms with E-state index in [2.05, 4.69) is 32.6 Å². The van der Waals surface area contributed by atoms with Crippen LogP contribution in [0.4, 0.5) is 5.69 Å². The predicted octanol–water partition coefficient (Wildman–Crippen LogP) is 3.55. The first-order valence-corrected chi connectivity index (χ1v) is 6.80. The number of hydrogen-bond acceptors (Lipinski definition) is 3. The minimum atomic E-state index is -0.260. The summed E-state index contributed by atoms with van der Waals surface area (Å²) >= 11 is 6.06. The maximum atomic E-state index is 11.2. The lowest BCUT2D eigenvalue weighted by atomic mass is 9.97. The molecule has 0 aromatic heterocycles. The molecule has 2 rings (SSSR count). The van der Waals surface area contributed by atoms with Crippen molar-refractivity contribution in [1.29, 1.82) is 0 Å². The fourth-order valence-corrected chi connectivity index (χ4v) is 3.01. The number of nitrogens with zero attached hydrogens (tertiary/aromatic N) is 1. The van der Waals surface area contributed by atoms with Crippen LogP contribution in [0.25, 0.3) is 0 Å². The highest BCUT2D eigenvalue weighted by atomic mass is 35.5. The average Bonchev–Trinajstić information content (AvgIpc) is 2.24. The van der Waals surface area contributed by atoms with Gasteiger partial charge in [-0.25, -0.2) is 0 Å². The quantitative estimate of drug-likeness (QED) is 0.777. The monoisotopic (exact) mass is 281 g/mol. The van der Waals surface area contributed by atoms with Crippen molar-refractivity contribution in [1.82, 2.24) is 0 Å². The molecule has 1 fully saturated rings. The third-order valence-electron chi connectivity index (χ3n) is 3.16. The highest BCUT2D eigenvalue weighted by Crippen LogP contribution is 2.33. The fourth-order valence-electron chi connectivity index (χ4n) is 2.85. The normalized spacial score (nSPS) is 21.2. The minimum absolute atomic E-state index is 0.260. The summed E-state index contributed by atoms with van der Waals surface area (Å²) < 4.78 is 6.05. The Morgan fingerprint density at radius 2 is 1.79 bits per heavy atom. The molecule has 0 unspecified atom stereocenters. The van der Waals surface area contributed by atoms with E-state index in [9.17, 15) is 4.79 Å². The molecule has 1 aliphatic rings. The highest BCUT2D eigenvalue weighted by molar-refractivity contribution is 6.31. The molecule has 4 heteroatoms. The van der Waals surface area contributed by atoms with Crippen molar-refractivity contribution < 1.29 is 9.53 Å². The zero-order valence-corrected chi connectivity index (χ0v) is 12.6. The maximum Gasteiger partial charge on any atom is 0.152 e. The van der Waals surface area contributed by atoms with Gasteiger partial charge in [-0.3, -0.25) is 4.79 Å². The Bertz CT molecular complexity index is 481. The van der Waals surface area contributed by atoms with Crippen molar-refractivity contribution >= 4 is 23.6 Å². The van der Waals surface area contributed by atoms with E-state index in [1.165, 1.54) is 0 Å². The first-order chi connectivity index (χ1) is 8.72. The number of morpholine rings is 1. The lowest BCUT2D eigenvalue weighted by Gasteiger charge is -2.48. The van der Waals surface area contributed by atoms with Crippen LogP contribution >= 0.6 is 11.6 Å². The fraction of sp³-hybridized carbons (Fsp3) is 0.533. The zero-order valence-electron chi connectivity index (χ0n) is 11.9. The summed E-state index contributed by atoms with van der Waals surface area (Å²) in [6.07, 6.45) is 0.876. The van der Waals surface area contributed by atoms with Gasteiger partial charge in [-0.15, -0.1) is 0 Å². The summed E-state index contributed by atoms with van der Waals surface area (Å²) in [5.41, 5.74) is 1.03. The summed E-state index contributed by atoms with van der Waals surface area (Å²) in [4.78, 5) is 13.4. The Kier molecular flexibility index (Phi) is 3.63. The van der Waals surface area contributed by atoms with E-state index in [1.807, 2.05) is 6.07 Å². The van der Waals surface area contributed by atoms with Gasteiger partial charge in [0.05, 0.1) is 11.2 Å². The number of benzene rings is 1. The first-order valence-electron chi connectivity index (χ1n) is 6.42. The molecule has 0 bridgehead atoms. The van der Waals surface area contributed by atoms with Gasteiger partial charge < -0.3 is 9.64 Å². The van der Waals surface area contributed by atoms with Crippen LogP contribution in [-0.4, -0.2) is 30.6 Å². The average molecular weight is 282 g/mol. The molecule has 0 spiro atoms. The standard InChI is InChI=1S/C15H20ClNO2/c1-14(2)9-17(10-15(3,4)19-14)13-7-12(16)6-5-11(13)8-18/h5-8H,9-10H2,1-4H3. The van der Waals surface area contributed by atoms with Crippen LogP contribution in [0.2, 0.25) is 5.02 Å². The topological polar surface area (TPSA) is 29.5 Å². The van der Waals surface area contributed by atoms with Gasteiger partial charge in [-0.05, 0) is 45.9 Å². The highest BCUT2D eigenvalue weighted by Gasteiger charge is 2.38. The Balaban J connectivity index is 2.40. The van der Waals surface area contributed by atoms with Gasteiger partial charge in [0.1, 0.15) is 0 Å². The van der Waals surface area contributed by atoms with Crippen LogP contribution in [0.3, 0.4) is 0 Å². The second-order valence-electron chi connectivity index (χ2n) is 6.30. The molecule has 0 saturated carbocycles. The summed E-state index contributed by atoms with van der Waals surface area (Å²) in [6.45, 7) is 9.71. The van der Waals surface area contributed by atoms with E-state index < -0.39 is 0 Å². The van der Waals surface area contributed by atoms with Crippen molar-refractivity contribution in [2.24, 2.45) is 0 Å². The largest absolute Gasteiger partial charge is 0.366 e. The second kappa shape index (κ2) is 4.80. The molecular weight excluding hydrogens is 262 g/mol. The molecule has 1 saturated heterocycles. The van der Waals surface area contributed by atoms with Gasteiger partial charge in [-0.2, -0.15) is 0 Å². The Labute approximate surface area is 119 Å². The van der Waals surface area contributed by atoms with Crippen LogP contribution in [-0.2, 0) is 4.74 Å². The molecule has 0 amide bonds. The number of halogens is 1. The number of carbonyl (C=O) groups is 1. The van der Waals surface area contributed by atoms with Crippen LogP contribution in [0, 0.1) is 0 Å². The van der Waals surface area contributed by atoms with E-state index in [1.54, 1.807) is 12.1 Å². The van der Waals surface area contributed by atoms with Crippen LogP contribution in [0.5, 0.6) is 0 Å². The van der Waals surface area contributed by atoms with Crippen molar-refractivity contribution in [2.75, 3.05) is 18.0 Å². The molecule has 0 atom stereocenters. The van der Waals surface area contributed by atoms with E-state index >= 15 is 0 Å². The van der Waals surface area contributed by atoms with Crippen LogP contribution in [0.15, 0.2) is 18.2 Å². The third kappa shape index (κ3) is 3.28. The molecule has 0 N–H and O–H groups in total. The SMILES string of the molecule is CC1(C)CN(c2cc(Cl)ccc2C=O)CC(C)(C)O1. The summed E-state index contributed by atoms with van der Waals surface area (Å²) in [5.74, 6) is 0. The lowest BCUT2D eigenvalue weighted by Crippen LogP contribution is -2.57. The molecule has 104 valence electrons. The molecule has 0 radical (unpaired) electrons. The van der Waals surface area contributed by atoms with E-state index in [4.69, 9.17) is 16.3 Å².